The Kier molecular flexibility index (Phi) is 15.4. The van der Waals surface area contributed by atoms with E-state index in [0.717, 1.165) is 75.9 Å². The number of halogens is 12. The van der Waals surface area contributed by atoms with Crippen molar-refractivity contribution in [3.8, 4) is 22.3 Å². The summed E-state index contributed by atoms with van der Waals surface area (Å²) in [5.74, 6) is 0. The number of hydrogen-bond donors (Lipinski definition) is 0. The van der Waals surface area contributed by atoms with Crippen molar-refractivity contribution in [2.45, 2.75) is 0 Å². The number of rotatable bonds is 2. The first-order valence-corrected chi connectivity index (χ1v) is 18.9. The minimum Gasteiger partial charge on any atom is -0.412 e. The van der Waals surface area contributed by atoms with Crippen molar-refractivity contribution in [1.29, 1.82) is 0 Å². The van der Waals surface area contributed by atoms with Gasteiger partial charge in [-0.3, -0.25) is 0 Å². The standard InChI is InChI=1S/2C12H4Br6.H2O/c2*13-7-3-11(17)9(15)1-5(7)6-2-10(16)12(18)4-8(6)14;/h2*1-4H;1H2. The summed E-state index contributed by atoms with van der Waals surface area (Å²) >= 11 is 42.5. The molecule has 4 aromatic rings. The van der Waals surface area contributed by atoms with Crippen molar-refractivity contribution in [3.63, 3.8) is 0 Å². The molecular formula is C24H10Br12O. The van der Waals surface area contributed by atoms with E-state index in [1.807, 2.05) is 24.3 Å². The molecule has 0 bridgehead atoms. The lowest BCUT2D eigenvalue weighted by atomic mass is 10.1. The van der Waals surface area contributed by atoms with Crippen LogP contribution in [0.2, 0.25) is 0 Å². The maximum atomic E-state index is 3.60. The molecule has 0 atom stereocenters. The summed E-state index contributed by atoms with van der Waals surface area (Å²) in [6.45, 7) is 0. The fourth-order valence-corrected chi connectivity index (χ4v) is 9.12. The highest BCUT2D eigenvalue weighted by molar-refractivity contribution is 9.14. The normalized spacial score (nSPS) is 10.5. The highest BCUT2D eigenvalue weighted by atomic mass is 79.9. The summed E-state index contributed by atoms with van der Waals surface area (Å²) < 4.78 is 12.3. The van der Waals surface area contributed by atoms with E-state index in [0.29, 0.717) is 0 Å². The van der Waals surface area contributed by atoms with Crippen molar-refractivity contribution in [2.75, 3.05) is 0 Å². The van der Waals surface area contributed by atoms with E-state index in [9.17, 15) is 0 Å². The zero-order chi connectivity index (χ0) is 26.9. The van der Waals surface area contributed by atoms with Gasteiger partial charge in [-0.05, 0) is 198 Å². The van der Waals surface area contributed by atoms with Gasteiger partial charge in [0.2, 0.25) is 0 Å². The number of benzene rings is 4. The first kappa shape index (κ1) is 35.8. The van der Waals surface area contributed by atoms with Crippen molar-refractivity contribution in [3.05, 3.63) is 102 Å². The summed E-state index contributed by atoms with van der Waals surface area (Å²) in [5, 5.41) is 0. The summed E-state index contributed by atoms with van der Waals surface area (Å²) in [6.07, 6.45) is 0. The molecule has 0 saturated carbocycles. The van der Waals surface area contributed by atoms with E-state index in [2.05, 4.69) is 215 Å². The molecule has 0 aliphatic rings. The second kappa shape index (κ2) is 15.9. The van der Waals surface area contributed by atoms with Gasteiger partial charge in [-0.25, -0.2) is 0 Å². The maximum absolute atomic E-state index is 3.60. The second-order valence-electron chi connectivity index (χ2n) is 6.98. The molecule has 196 valence electrons. The molecule has 2 N–H and O–H groups in total. The molecule has 0 saturated heterocycles. The lowest BCUT2D eigenvalue weighted by molar-refractivity contribution is 0.824. The van der Waals surface area contributed by atoms with Crippen molar-refractivity contribution in [2.24, 2.45) is 0 Å². The summed E-state index contributed by atoms with van der Waals surface area (Å²) in [4.78, 5) is 0. The molecule has 0 unspecified atom stereocenters. The zero-order valence-corrected chi connectivity index (χ0v) is 36.7. The predicted octanol–water partition coefficient (Wildman–Crippen LogP) is 15.0. The van der Waals surface area contributed by atoms with E-state index in [4.69, 9.17) is 0 Å². The van der Waals surface area contributed by atoms with Gasteiger partial charge in [-0.1, -0.05) is 63.7 Å². The highest BCUT2D eigenvalue weighted by Crippen LogP contribution is 2.43. The van der Waals surface area contributed by atoms with Crippen LogP contribution in [0.1, 0.15) is 0 Å². The first-order valence-electron chi connectivity index (χ1n) is 9.39. The van der Waals surface area contributed by atoms with E-state index in [-0.39, 0.29) is 5.48 Å². The topological polar surface area (TPSA) is 31.5 Å². The quantitative estimate of drug-likeness (QED) is 0.179. The van der Waals surface area contributed by atoms with Crippen LogP contribution in [0.5, 0.6) is 0 Å². The van der Waals surface area contributed by atoms with Crippen LogP contribution in [-0.2, 0) is 0 Å². The van der Waals surface area contributed by atoms with E-state index in [1.165, 1.54) is 0 Å². The summed E-state index contributed by atoms with van der Waals surface area (Å²) in [7, 11) is 0. The van der Waals surface area contributed by atoms with Gasteiger partial charge < -0.3 is 5.48 Å². The third-order valence-corrected chi connectivity index (χ3v) is 14.6. The minimum atomic E-state index is 0. The van der Waals surface area contributed by atoms with Gasteiger partial charge in [0.05, 0.1) is 0 Å². The molecule has 0 heterocycles. The third kappa shape index (κ3) is 9.29. The average molecular weight is 1270 g/mol. The van der Waals surface area contributed by atoms with Crippen molar-refractivity contribution in [1.82, 2.24) is 0 Å². The molecule has 0 aromatic heterocycles. The SMILES string of the molecule is Brc1cc(Br)c(-c2cc(Br)c(Br)cc2Br)cc1Br.Brc1cc(Br)c(-c2cc(Br)c(Br)cc2Br)cc1Br.O. The Morgan fingerprint density at radius 2 is 0.351 bits per heavy atom. The molecule has 1 nitrogen and oxygen atoms in total. The van der Waals surface area contributed by atoms with E-state index in [1.54, 1.807) is 0 Å². The Bertz CT molecular complexity index is 1250. The van der Waals surface area contributed by atoms with Crippen LogP contribution in [-0.4, -0.2) is 5.48 Å². The van der Waals surface area contributed by atoms with Gasteiger partial charge >= 0.3 is 0 Å². The van der Waals surface area contributed by atoms with Crippen LogP contribution in [0.4, 0.5) is 0 Å². The molecule has 0 spiro atoms. The van der Waals surface area contributed by atoms with Gasteiger partial charge in [-0.2, -0.15) is 0 Å². The Labute approximate surface area is 315 Å². The lowest BCUT2D eigenvalue weighted by Crippen LogP contribution is -1.85. The van der Waals surface area contributed by atoms with Gasteiger partial charge in [0.15, 0.2) is 0 Å². The molecule has 0 amide bonds. The lowest BCUT2D eigenvalue weighted by Gasteiger charge is -2.11. The molecule has 4 rings (SSSR count). The first-order chi connectivity index (χ1) is 16.8. The molecule has 0 fully saturated rings. The largest absolute Gasteiger partial charge is 0.412 e. The van der Waals surface area contributed by atoms with E-state index >= 15 is 0 Å². The molecule has 13 heteroatoms. The number of hydrogen-bond acceptors (Lipinski definition) is 0. The smallest absolute Gasteiger partial charge is 0.0329 e. The third-order valence-electron chi connectivity index (χ3n) is 4.62. The Morgan fingerprint density at radius 3 is 0.514 bits per heavy atom. The predicted molar refractivity (Wildman–Crippen MR) is 200 cm³/mol. The van der Waals surface area contributed by atoms with E-state index < -0.39 is 0 Å². The Balaban J connectivity index is 0.000000253. The average Bonchev–Trinajstić information content (AvgIpc) is 2.79. The van der Waals surface area contributed by atoms with Crippen LogP contribution in [0.3, 0.4) is 0 Å². The molecule has 37 heavy (non-hydrogen) atoms. The molecule has 0 aliphatic carbocycles. The highest BCUT2D eigenvalue weighted by Gasteiger charge is 2.13. The summed E-state index contributed by atoms with van der Waals surface area (Å²) in [5.41, 5.74) is 4.46. The van der Waals surface area contributed by atoms with Crippen LogP contribution in [0.25, 0.3) is 22.3 Å². The van der Waals surface area contributed by atoms with Crippen LogP contribution >= 0.6 is 191 Å². The van der Waals surface area contributed by atoms with Crippen molar-refractivity contribution >= 4 is 191 Å². The van der Waals surface area contributed by atoms with Gasteiger partial charge in [0.25, 0.3) is 0 Å². The molecule has 4 aromatic carbocycles. The van der Waals surface area contributed by atoms with Gasteiger partial charge in [0, 0.05) is 53.7 Å². The van der Waals surface area contributed by atoms with Crippen LogP contribution in [0, 0.1) is 0 Å². The maximum Gasteiger partial charge on any atom is 0.0329 e. The van der Waals surface area contributed by atoms with Crippen molar-refractivity contribution < 1.29 is 5.48 Å². The van der Waals surface area contributed by atoms with Crippen LogP contribution in [0.15, 0.2) is 102 Å². The Morgan fingerprint density at radius 1 is 0.216 bits per heavy atom. The minimum absolute atomic E-state index is 0. The summed E-state index contributed by atoms with van der Waals surface area (Å²) in [6, 6.07) is 16.4. The Hall–Kier alpha value is 2.60. The monoisotopic (exact) mass is 1260 g/mol. The second-order valence-corrected chi connectivity index (χ2v) is 17.2. The fourth-order valence-electron chi connectivity index (χ4n) is 2.92. The fraction of sp³-hybridized carbons (Fsp3) is 0. The molecule has 0 radical (unpaired) electrons. The van der Waals surface area contributed by atoms with Gasteiger partial charge in [-0.15, -0.1) is 0 Å². The zero-order valence-electron chi connectivity index (χ0n) is 17.7. The van der Waals surface area contributed by atoms with Crippen LogP contribution < -0.4 is 0 Å². The molecular weight excluding hydrogens is 1260 g/mol. The molecule has 0 aliphatic heterocycles. The van der Waals surface area contributed by atoms with Gasteiger partial charge in [0.1, 0.15) is 0 Å².